The number of ether oxygens (including phenoxy) is 2. The molecule has 8 heteroatoms. The molecule has 1 unspecified atom stereocenters. The number of amides is 1. The van der Waals surface area contributed by atoms with Gasteiger partial charge in [-0.15, -0.1) is 0 Å². The second-order valence-corrected chi connectivity index (χ2v) is 10.4. The number of benzene rings is 2. The molecule has 0 bridgehead atoms. The van der Waals surface area contributed by atoms with Gasteiger partial charge in [0.15, 0.2) is 5.82 Å². The number of likely N-dealkylation sites (tertiary alicyclic amines) is 1. The van der Waals surface area contributed by atoms with E-state index in [9.17, 15) is 4.79 Å². The summed E-state index contributed by atoms with van der Waals surface area (Å²) in [5.41, 5.74) is 10.2. The number of allylic oxidation sites excluding steroid dienone is 2. The van der Waals surface area contributed by atoms with Crippen LogP contribution in [0.15, 0.2) is 86.2 Å². The minimum absolute atomic E-state index is 0.0532. The molecule has 1 saturated heterocycles. The van der Waals surface area contributed by atoms with Gasteiger partial charge in [-0.25, -0.2) is 9.97 Å². The maximum atomic E-state index is 12.5. The van der Waals surface area contributed by atoms with Crippen molar-refractivity contribution in [3.8, 4) is 28.3 Å². The summed E-state index contributed by atoms with van der Waals surface area (Å²) < 4.78 is 9.73. The van der Waals surface area contributed by atoms with E-state index >= 15 is 0 Å². The molecule has 8 nitrogen and oxygen atoms in total. The molecule has 0 saturated carbocycles. The van der Waals surface area contributed by atoms with E-state index in [2.05, 4.69) is 34.8 Å². The fourth-order valence-corrected chi connectivity index (χ4v) is 4.57. The van der Waals surface area contributed by atoms with Gasteiger partial charge in [0.05, 0.1) is 19.8 Å². The van der Waals surface area contributed by atoms with Crippen LogP contribution >= 0.6 is 0 Å². The lowest BCUT2D eigenvalue weighted by Crippen LogP contribution is -2.43. The highest BCUT2D eigenvalue weighted by molar-refractivity contribution is 5.82. The third-order valence-corrected chi connectivity index (χ3v) is 7.02. The van der Waals surface area contributed by atoms with Crippen LogP contribution in [0, 0.1) is 0 Å². The van der Waals surface area contributed by atoms with Crippen molar-refractivity contribution in [2.24, 2.45) is 5.73 Å². The Kier molecular flexibility index (Phi) is 21.6. The zero-order valence-electron chi connectivity index (χ0n) is 28.3. The Morgan fingerprint density at radius 1 is 0.891 bits per heavy atom. The molecule has 1 fully saturated rings. The van der Waals surface area contributed by atoms with Crippen LogP contribution in [0.1, 0.15) is 71.3 Å². The number of nitrogens with zero attached hydrogens (tertiary/aromatic N) is 3. The maximum absolute atomic E-state index is 12.5. The number of methoxy groups -OCH3 is 1. The zero-order valence-corrected chi connectivity index (χ0v) is 28.3. The van der Waals surface area contributed by atoms with Crippen LogP contribution in [0.2, 0.25) is 0 Å². The first-order chi connectivity index (χ1) is 22.5. The van der Waals surface area contributed by atoms with Gasteiger partial charge in [-0.1, -0.05) is 108 Å². The van der Waals surface area contributed by atoms with Gasteiger partial charge in [0.1, 0.15) is 5.75 Å². The fraction of sp³-hybridized carbons (Fsp3) is 0.421. The SMILES string of the molecule is C=CC=C.CC.CCCCCCCOc1ccc(-c2cnc(-c3ccc(CC(N)C(=O)N4CCCC4)cc3)nc2)cc1.COC=O. The van der Waals surface area contributed by atoms with Gasteiger partial charge in [-0.2, -0.15) is 0 Å². The summed E-state index contributed by atoms with van der Waals surface area (Å²) in [6, 6.07) is 15.6. The maximum Gasteiger partial charge on any atom is 0.292 e. The average molecular weight is 631 g/mol. The number of nitrogens with two attached hydrogens (primary N) is 1. The van der Waals surface area contributed by atoms with E-state index in [1.807, 2.05) is 79.7 Å². The third-order valence-electron chi connectivity index (χ3n) is 7.02. The van der Waals surface area contributed by atoms with Crippen LogP contribution in [0.4, 0.5) is 0 Å². The Morgan fingerprint density at radius 3 is 1.96 bits per heavy atom. The van der Waals surface area contributed by atoms with E-state index in [0.29, 0.717) is 18.7 Å². The molecule has 4 rings (SSSR count). The van der Waals surface area contributed by atoms with Crippen LogP contribution in [0.25, 0.3) is 22.5 Å². The van der Waals surface area contributed by atoms with Gasteiger partial charge in [-0.3, -0.25) is 9.59 Å². The topological polar surface area (TPSA) is 108 Å². The van der Waals surface area contributed by atoms with Crippen molar-refractivity contribution in [1.82, 2.24) is 14.9 Å². The van der Waals surface area contributed by atoms with Crippen molar-refractivity contribution in [1.29, 1.82) is 0 Å². The van der Waals surface area contributed by atoms with Crippen molar-refractivity contribution < 1.29 is 19.1 Å². The van der Waals surface area contributed by atoms with E-state index in [4.69, 9.17) is 15.3 Å². The number of carbonyl (C=O) groups is 2. The smallest absolute Gasteiger partial charge is 0.292 e. The Morgan fingerprint density at radius 2 is 1.43 bits per heavy atom. The van der Waals surface area contributed by atoms with Crippen LogP contribution in [0.5, 0.6) is 5.75 Å². The summed E-state index contributed by atoms with van der Waals surface area (Å²) in [5.74, 6) is 1.62. The molecule has 1 aliphatic heterocycles. The molecule has 0 spiro atoms. The fourth-order valence-electron chi connectivity index (χ4n) is 4.57. The van der Waals surface area contributed by atoms with Crippen molar-refractivity contribution >= 4 is 12.4 Å². The lowest BCUT2D eigenvalue weighted by Gasteiger charge is -2.20. The van der Waals surface area contributed by atoms with Crippen molar-refractivity contribution in [2.45, 2.75) is 78.2 Å². The minimum Gasteiger partial charge on any atom is -0.494 e. The Hall–Kier alpha value is -4.30. The monoisotopic (exact) mass is 630 g/mol. The highest BCUT2D eigenvalue weighted by Gasteiger charge is 2.23. The van der Waals surface area contributed by atoms with Gasteiger partial charge in [-0.05, 0) is 48.9 Å². The summed E-state index contributed by atoms with van der Waals surface area (Å²) in [5, 5.41) is 0. The van der Waals surface area contributed by atoms with Gasteiger partial charge in [0.25, 0.3) is 6.47 Å². The first-order valence-corrected chi connectivity index (χ1v) is 16.4. The van der Waals surface area contributed by atoms with E-state index in [-0.39, 0.29) is 5.91 Å². The van der Waals surface area contributed by atoms with Crippen LogP contribution in [-0.4, -0.2) is 60.1 Å². The summed E-state index contributed by atoms with van der Waals surface area (Å²) in [7, 11) is 1.31. The molecule has 2 heterocycles. The minimum atomic E-state index is -0.493. The molecule has 1 aliphatic rings. The molecule has 0 radical (unpaired) electrons. The largest absolute Gasteiger partial charge is 0.494 e. The second-order valence-electron chi connectivity index (χ2n) is 10.4. The molecule has 0 aliphatic carbocycles. The number of hydrogen-bond acceptors (Lipinski definition) is 7. The molecule has 250 valence electrons. The molecule has 1 amide bonds. The second kappa shape index (κ2) is 25.0. The number of unbranched alkanes of at least 4 members (excludes halogenated alkanes) is 4. The summed E-state index contributed by atoms with van der Waals surface area (Å²) >= 11 is 0. The van der Waals surface area contributed by atoms with E-state index in [0.717, 1.165) is 67.0 Å². The predicted molar refractivity (Wildman–Crippen MR) is 189 cm³/mol. The highest BCUT2D eigenvalue weighted by atomic mass is 16.5. The van der Waals surface area contributed by atoms with Crippen LogP contribution < -0.4 is 10.5 Å². The van der Waals surface area contributed by atoms with Crippen LogP contribution in [-0.2, 0) is 20.7 Å². The predicted octanol–water partition coefficient (Wildman–Crippen LogP) is 7.83. The standard InChI is InChI=1S/C30H38N4O2.C4H6.C2H4O2.C2H6/c1-2-3-4-5-8-19-36-27-15-13-24(14-16-27)26-21-32-29(33-22-26)25-11-9-23(10-12-25)20-28(31)30(35)34-17-6-7-18-34;1-3-4-2;1-4-2-3;1-2/h9-16,21-22,28H,2-8,17-20,31H2,1H3;3-4H,1-2H2;2H,1H3;1-2H3. The number of rotatable bonds is 14. The normalized spacial score (nSPS) is 12.1. The van der Waals surface area contributed by atoms with E-state index in [1.165, 1.54) is 32.8 Å². The molecule has 46 heavy (non-hydrogen) atoms. The quantitative estimate of drug-likeness (QED) is 0.110. The van der Waals surface area contributed by atoms with Gasteiger partial charge >= 0.3 is 0 Å². The first kappa shape index (κ1) is 39.7. The first-order valence-electron chi connectivity index (χ1n) is 16.4. The number of aromatic nitrogens is 2. The highest BCUT2D eigenvalue weighted by Crippen LogP contribution is 2.24. The van der Waals surface area contributed by atoms with Gasteiger partial charge in [0, 0.05) is 36.6 Å². The van der Waals surface area contributed by atoms with Gasteiger partial charge in [0.2, 0.25) is 5.91 Å². The molecule has 1 aromatic heterocycles. The van der Waals surface area contributed by atoms with Crippen molar-refractivity contribution in [3.63, 3.8) is 0 Å². The van der Waals surface area contributed by atoms with Crippen LogP contribution in [0.3, 0.4) is 0 Å². The summed E-state index contributed by atoms with van der Waals surface area (Å²) in [6.07, 6.45) is 15.8. The molecule has 2 N–H and O–H groups in total. The third kappa shape index (κ3) is 15.1. The molecule has 1 atom stereocenters. The zero-order chi connectivity index (χ0) is 34.0. The summed E-state index contributed by atoms with van der Waals surface area (Å²) in [6.45, 7) is 15.7. The number of carbonyl (C=O) groups excluding carboxylic acids is 2. The molecular weight excluding hydrogens is 576 g/mol. The van der Waals surface area contributed by atoms with E-state index < -0.39 is 6.04 Å². The Labute approximate surface area is 276 Å². The molecule has 3 aromatic rings. The van der Waals surface area contributed by atoms with E-state index in [1.54, 1.807) is 12.2 Å². The lowest BCUT2D eigenvalue weighted by atomic mass is 10.0. The van der Waals surface area contributed by atoms with Crippen molar-refractivity contribution in [3.05, 3.63) is 91.8 Å². The summed E-state index contributed by atoms with van der Waals surface area (Å²) in [4.78, 5) is 32.5. The van der Waals surface area contributed by atoms with Crippen molar-refractivity contribution in [2.75, 3.05) is 26.8 Å². The number of hydrogen-bond donors (Lipinski definition) is 1. The Balaban J connectivity index is 0.000000935. The van der Waals surface area contributed by atoms with Gasteiger partial charge < -0.3 is 20.1 Å². The molecule has 2 aromatic carbocycles. The lowest BCUT2D eigenvalue weighted by molar-refractivity contribution is -0.131. The molecular formula is C38H54N4O4. The Bertz CT molecular complexity index is 1230. The average Bonchev–Trinajstić information content (AvgIpc) is 3.66.